The zero-order valence-electron chi connectivity index (χ0n) is 58.5. The number of carbonyl (C=O) groups is 1. The Morgan fingerprint density at radius 1 is 0.398 bits per heavy atom. The summed E-state index contributed by atoms with van der Waals surface area (Å²) in [6.45, 7) is 2.68. The number of carbonyl (C=O) groups excluding carboxylic acids is 1. The summed E-state index contributed by atoms with van der Waals surface area (Å²) in [6, 6.07) is -0.953. The number of hydrogen-bond donors (Lipinski definition) is 9. The van der Waals surface area contributed by atoms with Crippen molar-refractivity contribution in [1.29, 1.82) is 0 Å². The Hall–Kier alpha value is -3.35. The van der Waals surface area contributed by atoms with Crippen molar-refractivity contribution in [3.63, 3.8) is 0 Å². The second-order valence-corrected chi connectivity index (χ2v) is 26.0. The van der Waals surface area contributed by atoms with Gasteiger partial charge in [0, 0.05) is 6.42 Å². The van der Waals surface area contributed by atoms with Crippen LogP contribution in [-0.4, -0.2) is 140 Å². The van der Waals surface area contributed by atoms with E-state index in [1.807, 2.05) is 6.08 Å². The molecule has 2 fully saturated rings. The molecular formula is C79H137NO13. The molecule has 12 unspecified atom stereocenters. The van der Waals surface area contributed by atoms with Crippen molar-refractivity contribution in [1.82, 2.24) is 5.32 Å². The molecule has 93 heavy (non-hydrogen) atoms. The van der Waals surface area contributed by atoms with E-state index in [1.165, 1.54) is 161 Å². The lowest BCUT2D eigenvalue weighted by atomic mass is 9.97. The monoisotopic (exact) mass is 1310 g/mol. The molecule has 2 saturated heterocycles. The molecular weight excluding hydrogens is 1170 g/mol. The first-order valence-electron chi connectivity index (χ1n) is 37.6. The highest BCUT2D eigenvalue weighted by Gasteiger charge is 2.51. The highest BCUT2D eigenvalue weighted by Crippen LogP contribution is 2.30. The van der Waals surface area contributed by atoms with Gasteiger partial charge in [0.05, 0.1) is 32.0 Å². The van der Waals surface area contributed by atoms with Gasteiger partial charge in [0.1, 0.15) is 48.8 Å². The first kappa shape index (κ1) is 85.7. The van der Waals surface area contributed by atoms with Crippen LogP contribution in [-0.2, 0) is 23.7 Å². The molecule has 9 N–H and O–H groups in total. The highest BCUT2D eigenvalue weighted by atomic mass is 16.7. The number of nitrogens with one attached hydrogen (secondary N) is 1. The second kappa shape index (κ2) is 62.2. The van der Waals surface area contributed by atoms with Crippen molar-refractivity contribution in [3.05, 3.63) is 109 Å². The number of aliphatic hydroxyl groups is 8. The molecule has 0 aromatic carbocycles. The molecule has 14 heteroatoms. The van der Waals surface area contributed by atoms with Crippen LogP contribution in [0.2, 0.25) is 0 Å². The molecule has 2 rings (SSSR count). The average molecular weight is 1310 g/mol. The molecule has 536 valence electrons. The fourth-order valence-corrected chi connectivity index (χ4v) is 11.7. The number of unbranched alkanes of at least 4 members (excludes halogenated alkanes) is 32. The van der Waals surface area contributed by atoms with E-state index in [-0.39, 0.29) is 18.9 Å². The highest BCUT2D eigenvalue weighted by molar-refractivity contribution is 5.76. The molecule has 0 aromatic rings. The van der Waals surface area contributed by atoms with Crippen LogP contribution in [0.1, 0.15) is 290 Å². The van der Waals surface area contributed by atoms with Crippen LogP contribution in [0.3, 0.4) is 0 Å². The van der Waals surface area contributed by atoms with E-state index in [0.717, 1.165) is 96.3 Å². The van der Waals surface area contributed by atoms with Gasteiger partial charge in [0.25, 0.3) is 0 Å². The lowest BCUT2D eigenvalue weighted by molar-refractivity contribution is -0.359. The lowest BCUT2D eigenvalue weighted by Gasteiger charge is -2.46. The Kier molecular flexibility index (Phi) is 57.3. The van der Waals surface area contributed by atoms with Crippen LogP contribution in [0.25, 0.3) is 0 Å². The van der Waals surface area contributed by atoms with Gasteiger partial charge in [-0.3, -0.25) is 4.79 Å². The van der Waals surface area contributed by atoms with E-state index < -0.39 is 86.8 Å². The summed E-state index contributed by atoms with van der Waals surface area (Å²) in [5.74, 6) is -0.264. The minimum atomic E-state index is -1.80. The Morgan fingerprint density at radius 2 is 0.753 bits per heavy atom. The first-order valence-corrected chi connectivity index (χ1v) is 37.6. The maximum Gasteiger partial charge on any atom is 0.220 e. The predicted molar refractivity (Wildman–Crippen MR) is 382 cm³/mol. The van der Waals surface area contributed by atoms with Crippen molar-refractivity contribution in [2.75, 3.05) is 19.8 Å². The molecule has 0 saturated carbocycles. The zero-order chi connectivity index (χ0) is 67.3. The van der Waals surface area contributed by atoms with Crippen molar-refractivity contribution in [2.24, 2.45) is 0 Å². The Labute approximate surface area is 566 Å². The summed E-state index contributed by atoms with van der Waals surface area (Å²) < 4.78 is 22.9. The first-order chi connectivity index (χ1) is 45.6. The molecule has 0 spiro atoms. The van der Waals surface area contributed by atoms with Crippen LogP contribution in [0.4, 0.5) is 0 Å². The van der Waals surface area contributed by atoms with Crippen LogP contribution in [0.5, 0.6) is 0 Å². The summed E-state index contributed by atoms with van der Waals surface area (Å²) in [6.07, 6.45) is 73.0. The van der Waals surface area contributed by atoms with Gasteiger partial charge in [-0.2, -0.15) is 0 Å². The zero-order valence-corrected chi connectivity index (χ0v) is 58.5. The van der Waals surface area contributed by atoms with Gasteiger partial charge < -0.3 is 65.1 Å². The van der Waals surface area contributed by atoms with Gasteiger partial charge in [0.15, 0.2) is 12.6 Å². The van der Waals surface area contributed by atoms with Crippen molar-refractivity contribution in [3.8, 4) is 0 Å². The number of allylic oxidation sites excluding steroid dienone is 17. The maximum absolute atomic E-state index is 13.3. The fourth-order valence-electron chi connectivity index (χ4n) is 11.7. The molecule has 0 radical (unpaired) electrons. The topological polar surface area (TPSA) is 228 Å². The van der Waals surface area contributed by atoms with Crippen molar-refractivity contribution in [2.45, 2.75) is 364 Å². The smallest absolute Gasteiger partial charge is 0.220 e. The summed E-state index contributed by atoms with van der Waals surface area (Å²) in [7, 11) is 0. The molecule has 1 amide bonds. The summed E-state index contributed by atoms with van der Waals surface area (Å²) in [5, 5.41) is 87.5. The SMILES string of the molecule is CC/C=C\C/C=C\C/C=C\C/C=C\C/C=C\C/C=C\CCCCCCCCCCC(=O)NC(COC1OC(CO)C(OC2OC(CO)C(O)C(O)C2O)C(O)C1O)C(O)/C=C/CC/C=C/CC/C=C/CCCCCCCCCCCCCCCCCCCCCCCC. The molecule has 2 aliphatic heterocycles. The summed E-state index contributed by atoms with van der Waals surface area (Å²) in [4.78, 5) is 13.3. The molecule has 0 aromatic heterocycles. The largest absolute Gasteiger partial charge is 0.394 e. The Bertz CT molecular complexity index is 1980. The number of hydrogen-bond acceptors (Lipinski definition) is 13. The van der Waals surface area contributed by atoms with E-state index in [2.05, 4.69) is 116 Å². The third kappa shape index (κ3) is 45.7. The van der Waals surface area contributed by atoms with E-state index in [4.69, 9.17) is 18.9 Å². The normalized spacial score (nSPS) is 23.2. The Balaban J connectivity index is 1.69. The molecule has 12 atom stereocenters. The third-order valence-corrected chi connectivity index (χ3v) is 17.7. The quantitative estimate of drug-likeness (QED) is 0.0204. The van der Waals surface area contributed by atoms with E-state index >= 15 is 0 Å². The standard InChI is InChI=1S/C79H137NO13/c1-3-5-7-9-11-13-15-17-19-21-23-25-27-29-31-32-33-34-35-37-38-40-42-44-46-48-50-52-54-56-58-60-62-68(83)67(66-90-78-76(89)74(87)77(70(65-82)92-78)93-79-75(88)73(86)72(85)69(64-81)91-79)80-71(84)63-61-59-57-55-53-51-49-47-45-43-41-39-36-30-28-26-24-22-20-18-16-14-12-10-8-6-4-2/h6,8,12,14,18,20,24,26,30,36,41,43-44,46,52,54,60,62,67-70,72-79,81-83,85-89H,3-5,7,9-11,13,15-17,19,21-23,25,27-29,31-35,37-40,42,45,47-51,53,55-59,61,63-66H2,1-2H3,(H,80,84)/b8-6-,14-12-,20-18-,26-24-,36-30-,43-41-,46-44+,54-52+,62-60+. The van der Waals surface area contributed by atoms with E-state index in [1.54, 1.807) is 6.08 Å². The third-order valence-electron chi connectivity index (χ3n) is 17.7. The maximum atomic E-state index is 13.3. The number of amides is 1. The predicted octanol–water partition coefficient (Wildman–Crippen LogP) is 16.3. The minimum Gasteiger partial charge on any atom is -0.394 e. The Morgan fingerprint density at radius 3 is 1.18 bits per heavy atom. The molecule has 14 nitrogen and oxygen atoms in total. The number of ether oxygens (including phenoxy) is 4. The van der Waals surface area contributed by atoms with Gasteiger partial charge in [-0.25, -0.2) is 0 Å². The minimum absolute atomic E-state index is 0.253. The van der Waals surface area contributed by atoms with Gasteiger partial charge in [0.2, 0.25) is 5.91 Å². The lowest BCUT2D eigenvalue weighted by Crippen LogP contribution is -2.65. The van der Waals surface area contributed by atoms with Crippen molar-refractivity contribution >= 4 is 5.91 Å². The van der Waals surface area contributed by atoms with E-state index in [0.29, 0.717) is 12.8 Å². The van der Waals surface area contributed by atoms with Gasteiger partial charge in [-0.05, 0) is 96.3 Å². The second-order valence-electron chi connectivity index (χ2n) is 26.0. The van der Waals surface area contributed by atoms with Gasteiger partial charge >= 0.3 is 0 Å². The summed E-state index contributed by atoms with van der Waals surface area (Å²) in [5.41, 5.74) is 0. The van der Waals surface area contributed by atoms with Crippen LogP contribution < -0.4 is 5.32 Å². The molecule has 0 aliphatic carbocycles. The molecule has 2 heterocycles. The van der Waals surface area contributed by atoms with Gasteiger partial charge in [-0.15, -0.1) is 0 Å². The van der Waals surface area contributed by atoms with Crippen LogP contribution in [0.15, 0.2) is 109 Å². The van der Waals surface area contributed by atoms with Crippen LogP contribution in [0, 0.1) is 0 Å². The van der Waals surface area contributed by atoms with Crippen LogP contribution >= 0.6 is 0 Å². The average Bonchev–Trinajstić information content (AvgIpc) is 0.854. The van der Waals surface area contributed by atoms with Gasteiger partial charge in [-0.1, -0.05) is 297 Å². The number of aliphatic hydroxyl groups excluding tert-OH is 8. The van der Waals surface area contributed by atoms with E-state index in [9.17, 15) is 45.6 Å². The fraction of sp³-hybridized carbons (Fsp3) is 0.759. The van der Waals surface area contributed by atoms with Crippen molar-refractivity contribution < 1.29 is 64.6 Å². The molecule has 2 aliphatic rings. The molecule has 0 bridgehead atoms. The number of rotatable bonds is 61. The summed E-state index contributed by atoms with van der Waals surface area (Å²) >= 11 is 0.